The first kappa shape index (κ1) is 47.6. The Bertz CT molecular complexity index is 973. The number of rotatable bonds is 26. The van der Waals surface area contributed by atoms with E-state index < -0.39 is 7.82 Å². The van der Waals surface area contributed by atoms with Gasteiger partial charge >= 0.3 is 0 Å². The minimum Gasteiger partial charge on any atom is -0.780 e. The highest BCUT2D eigenvalue weighted by Gasteiger charge is 2.25. The van der Waals surface area contributed by atoms with Crippen LogP contribution in [-0.2, 0) is 4.57 Å². The molecule has 7 heteroatoms. The third kappa shape index (κ3) is 22.2. The van der Waals surface area contributed by atoms with E-state index >= 15 is 0 Å². The molecule has 0 aliphatic heterocycles. The zero-order valence-corrected chi connectivity index (χ0v) is 34.4. The third-order valence-electron chi connectivity index (χ3n) is 9.85. The predicted octanol–water partition coefficient (Wildman–Crippen LogP) is 11.1. The summed E-state index contributed by atoms with van der Waals surface area (Å²) in [6.07, 6.45) is 22.1. The van der Waals surface area contributed by atoms with Crippen LogP contribution in [0.25, 0.3) is 10.8 Å². The first-order valence-corrected chi connectivity index (χ1v) is 21.9. The fraction of sp³-hybridized carbons (Fsp3) is 0.762. The second-order valence-corrected chi connectivity index (χ2v) is 15.4. The molecule has 0 radical (unpaired) electrons. The zero-order chi connectivity index (χ0) is 36.9. The van der Waals surface area contributed by atoms with Gasteiger partial charge in [-0.1, -0.05) is 143 Å². The van der Waals surface area contributed by atoms with Gasteiger partial charge in [0.25, 0.3) is 0 Å². The molecule has 0 N–H and O–H groups in total. The maximum absolute atomic E-state index is 10.5. The molecular formula is C42H79N2O4P. The lowest BCUT2D eigenvalue weighted by Gasteiger charge is -2.39. The number of hydrogen-bond acceptors (Lipinski definition) is 4. The number of nitrogens with zero attached hydrogens (tertiary/aromatic N) is 2. The van der Waals surface area contributed by atoms with Crippen LogP contribution in [0.5, 0.6) is 5.75 Å². The van der Waals surface area contributed by atoms with Crippen molar-refractivity contribution in [1.82, 2.24) is 0 Å². The van der Waals surface area contributed by atoms with Gasteiger partial charge in [-0.15, -0.1) is 0 Å². The average molecular weight is 707 g/mol. The second-order valence-electron chi connectivity index (χ2n) is 14.3. The van der Waals surface area contributed by atoms with Gasteiger partial charge in [0, 0.05) is 5.39 Å². The number of phosphoric acid groups is 1. The molecular weight excluding hydrogens is 627 g/mol. The lowest BCUT2D eigenvalue weighted by molar-refractivity contribution is -0.929. The van der Waals surface area contributed by atoms with E-state index in [-0.39, 0.29) is 5.75 Å². The highest BCUT2D eigenvalue weighted by atomic mass is 31.2. The van der Waals surface area contributed by atoms with Gasteiger partial charge in [0.15, 0.2) is 0 Å². The van der Waals surface area contributed by atoms with Crippen molar-refractivity contribution in [3.05, 3.63) is 42.5 Å². The van der Waals surface area contributed by atoms with Gasteiger partial charge in [-0.05, 0) is 62.8 Å². The lowest BCUT2D eigenvalue weighted by Crippen LogP contribution is -2.50. The summed E-state index contributed by atoms with van der Waals surface area (Å²) in [6, 6.07) is 12.0. The van der Waals surface area contributed by atoms with E-state index in [0.29, 0.717) is 5.39 Å². The topological polar surface area (TPSA) is 72.4 Å². The fourth-order valence-corrected chi connectivity index (χ4v) is 7.09. The molecule has 2 aromatic carbocycles. The van der Waals surface area contributed by atoms with Gasteiger partial charge in [-0.3, -0.25) is 0 Å². The Morgan fingerprint density at radius 2 is 0.755 bits per heavy atom. The van der Waals surface area contributed by atoms with E-state index in [0.717, 1.165) is 5.39 Å². The van der Waals surface area contributed by atoms with Crippen LogP contribution in [-0.4, -0.2) is 61.3 Å². The maximum atomic E-state index is 10.5. The Morgan fingerprint density at radius 3 is 1.04 bits per heavy atom. The summed E-state index contributed by atoms with van der Waals surface area (Å²) in [7, 11) is -4.99. The van der Waals surface area contributed by atoms with E-state index in [1.165, 1.54) is 170 Å². The third-order valence-corrected chi connectivity index (χ3v) is 10.3. The molecule has 49 heavy (non-hydrogen) atoms. The second kappa shape index (κ2) is 29.2. The van der Waals surface area contributed by atoms with Crippen LogP contribution in [0.15, 0.2) is 42.5 Å². The number of hydrogen-bond donors (Lipinski definition) is 0. The molecule has 0 fully saturated rings. The normalized spacial score (nSPS) is 11.9. The van der Waals surface area contributed by atoms with Crippen LogP contribution in [0, 0.1) is 0 Å². The molecule has 0 heterocycles. The summed E-state index contributed by atoms with van der Waals surface area (Å²) < 4.78 is 17.7. The average Bonchev–Trinajstić information content (AvgIpc) is 3.10. The molecule has 0 atom stereocenters. The van der Waals surface area contributed by atoms with E-state index in [4.69, 9.17) is 0 Å². The van der Waals surface area contributed by atoms with Gasteiger partial charge in [0.05, 0.1) is 52.4 Å². The van der Waals surface area contributed by atoms with Crippen molar-refractivity contribution in [1.29, 1.82) is 0 Å². The summed E-state index contributed by atoms with van der Waals surface area (Å²) in [5.74, 6) is 0.0708. The molecule has 2 rings (SSSR count). The molecule has 0 saturated carbocycles. The summed E-state index contributed by atoms with van der Waals surface area (Å²) in [5.41, 5.74) is 0. The molecule has 0 aliphatic carbocycles. The van der Waals surface area contributed by atoms with Gasteiger partial charge in [0.2, 0.25) is 0 Å². The van der Waals surface area contributed by atoms with Crippen molar-refractivity contribution >= 4 is 18.6 Å². The molecule has 0 amide bonds. The molecule has 0 bridgehead atoms. The molecule has 0 saturated heterocycles. The summed E-state index contributed by atoms with van der Waals surface area (Å²) in [5, 5.41) is 1.43. The van der Waals surface area contributed by atoms with Gasteiger partial charge in [0.1, 0.15) is 13.6 Å². The van der Waals surface area contributed by atoms with Crippen molar-refractivity contribution in [2.24, 2.45) is 0 Å². The van der Waals surface area contributed by atoms with E-state index in [1.807, 2.05) is 18.2 Å². The standard InChI is InChI=1S/2C16H36N.C10H9O4P/c2*1-5-9-13-17(14-10-6-2,15-11-7-3)16-12-8-4;11-15(12,13)14-10-7-3-5-8-4-1-2-6-9(8)10/h2*5-16H2,1-4H3;1-7H,(H2,11,12,13)/q2*+1;/p-2. The van der Waals surface area contributed by atoms with Gasteiger partial charge < -0.3 is 27.8 Å². The summed E-state index contributed by atoms with van der Waals surface area (Å²) in [4.78, 5) is 21.0. The highest BCUT2D eigenvalue weighted by molar-refractivity contribution is 7.43. The smallest absolute Gasteiger partial charge is 0.132 e. The highest BCUT2D eigenvalue weighted by Crippen LogP contribution is 2.34. The van der Waals surface area contributed by atoms with Crippen molar-refractivity contribution in [3.63, 3.8) is 0 Å². The molecule has 0 unspecified atom stereocenters. The van der Waals surface area contributed by atoms with Crippen molar-refractivity contribution < 1.29 is 27.8 Å². The molecule has 0 aliphatic rings. The molecule has 0 aromatic heterocycles. The van der Waals surface area contributed by atoms with E-state index in [2.05, 4.69) is 59.9 Å². The molecule has 286 valence electrons. The van der Waals surface area contributed by atoms with Gasteiger partial charge in [-0.25, -0.2) is 0 Å². The lowest BCUT2D eigenvalue weighted by atomic mass is 10.1. The Kier molecular flexibility index (Phi) is 28.3. The summed E-state index contributed by atoms with van der Waals surface area (Å²) in [6.45, 7) is 30.0. The minimum absolute atomic E-state index is 0.0708. The van der Waals surface area contributed by atoms with Crippen molar-refractivity contribution in [2.45, 2.75) is 158 Å². The summed E-state index contributed by atoms with van der Waals surface area (Å²) >= 11 is 0. The first-order valence-electron chi connectivity index (χ1n) is 20.4. The van der Waals surface area contributed by atoms with Crippen molar-refractivity contribution in [3.8, 4) is 5.75 Å². The Morgan fingerprint density at radius 1 is 0.469 bits per heavy atom. The quantitative estimate of drug-likeness (QED) is 0.0721. The van der Waals surface area contributed by atoms with Crippen molar-refractivity contribution in [2.75, 3.05) is 52.4 Å². The first-order chi connectivity index (χ1) is 23.5. The molecule has 2 aromatic rings. The van der Waals surface area contributed by atoms with Crippen LogP contribution >= 0.6 is 7.82 Å². The number of unbranched alkanes of at least 4 members (excludes halogenated alkanes) is 8. The Hall–Kier alpha value is -1.43. The number of phosphoric ester groups is 1. The van der Waals surface area contributed by atoms with Crippen LogP contribution < -0.4 is 14.3 Å². The minimum atomic E-state index is -4.99. The number of benzene rings is 2. The van der Waals surface area contributed by atoms with Crippen LogP contribution in [0.4, 0.5) is 0 Å². The molecule has 0 spiro atoms. The monoisotopic (exact) mass is 707 g/mol. The van der Waals surface area contributed by atoms with E-state index in [9.17, 15) is 14.4 Å². The molecule has 6 nitrogen and oxygen atoms in total. The number of fused-ring (bicyclic) bond motifs is 1. The fourth-order valence-electron chi connectivity index (χ4n) is 6.69. The number of quaternary nitrogens is 2. The van der Waals surface area contributed by atoms with Gasteiger partial charge in [-0.2, -0.15) is 0 Å². The predicted molar refractivity (Wildman–Crippen MR) is 211 cm³/mol. The van der Waals surface area contributed by atoms with E-state index in [1.54, 1.807) is 18.2 Å². The largest absolute Gasteiger partial charge is 0.780 e. The Labute approximate surface area is 304 Å². The van der Waals surface area contributed by atoms with Crippen LogP contribution in [0.1, 0.15) is 158 Å². The van der Waals surface area contributed by atoms with Crippen LogP contribution in [0.3, 0.4) is 0 Å². The van der Waals surface area contributed by atoms with Crippen LogP contribution in [0.2, 0.25) is 0 Å². The SMILES string of the molecule is CCCC[N+](CCCC)(CCCC)CCCC.CCCC[N+](CCCC)(CCCC)CCCC.O=P([O-])([O-])Oc1cccc2ccccc12. The zero-order valence-electron chi connectivity index (χ0n) is 33.5. The maximum Gasteiger partial charge on any atom is 0.132 e. The Balaban J connectivity index is 0.000000706.